The number of ether oxygens (including phenoxy) is 1. The van der Waals surface area contributed by atoms with E-state index in [9.17, 15) is 15.1 Å². The monoisotopic (exact) mass is 563 g/mol. The number of hydroxylamine groups is 1. The van der Waals surface area contributed by atoms with E-state index in [1.807, 2.05) is 41.9 Å². The average molecular weight is 565 g/mol. The number of amides is 1. The molecule has 1 fully saturated rings. The van der Waals surface area contributed by atoms with Gasteiger partial charge in [0.05, 0.1) is 29.2 Å². The molecule has 1 aliphatic heterocycles. The highest BCUT2D eigenvalue weighted by atomic mass is 35.5. The lowest BCUT2D eigenvalue weighted by atomic mass is 9.73. The summed E-state index contributed by atoms with van der Waals surface area (Å²) >= 11 is 14.3. The zero-order valence-corrected chi connectivity index (χ0v) is 23.0. The minimum atomic E-state index is -0.902. The summed E-state index contributed by atoms with van der Waals surface area (Å²) in [6.45, 7) is 2.35. The number of nitrogens with zero attached hydrogens (tertiary/aromatic N) is 2. The van der Waals surface area contributed by atoms with E-state index in [1.54, 1.807) is 24.9 Å². The molecule has 7 nitrogen and oxygen atoms in total. The number of pyridine rings is 1. The molecule has 1 amide bonds. The SMILES string of the molecule is COc1ccc2ncc(Cl)c([C@H](O)CCC3(C(=O)NO)CCN(CCSc4cccc(Cl)c4)CC3)c2c1. The van der Waals surface area contributed by atoms with E-state index >= 15 is 0 Å². The van der Waals surface area contributed by atoms with Crippen molar-refractivity contribution in [2.24, 2.45) is 5.41 Å². The average Bonchev–Trinajstić information content (AvgIpc) is 2.91. The summed E-state index contributed by atoms with van der Waals surface area (Å²) in [6, 6.07) is 13.2. The van der Waals surface area contributed by atoms with Crippen molar-refractivity contribution in [3.63, 3.8) is 0 Å². The number of nitrogens with one attached hydrogen (secondary N) is 1. The first-order valence-electron chi connectivity index (χ1n) is 12.2. The fraction of sp³-hybridized carbons (Fsp3) is 0.407. The topological polar surface area (TPSA) is 94.9 Å². The summed E-state index contributed by atoms with van der Waals surface area (Å²) in [5, 5.41) is 22.5. The largest absolute Gasteiger partial charge is 0.497 e. The van der Waals surface area contributed by atoms with Gasteiger partial charge < -0.3 is 14.7 Å². The van der Waals surface area contributed by atoms with Crippen LogP contribution in [0.5, 0.6) is 5.75 Å². The molecule has 37 heavy (non-hydrogen) atoms. The highest BCUT2D eigenvalue weighted by Crippen LogP contribution is 2.41. The van der Waals surface area contributed by atoms with E-state index in [2.05, 4.69) is 9.88 Å². The van der Waals surface area contributed by atoms with Crippen LogP contribution >= 0.6 is 35.0 Å². The molecule has 0 bridgehead atoms. The predicted molar refractivity (Wildman–Crippen MR) is 148 cm³/mol. The van der Waals surface area contributed by atoms with Gasteiger partial charge in [-0.25, -0.2) is 5.48 Å². The van der Waals surface area contributed by atoms with E-state index in [-0.39, 0.29) is 0 Å². The number of methoxy groups -OCH3 is 1. The Kier molecular flexibility index (Phi) is 9.56. The molecule has 1 atom stereocenters. The molecule has 1 saturated heterocycles. The maximum Gasteiger partial charge on any atom is 0.249 e. The summed E-state index contributed by atoms with van der Waals surface area (Å²) in [4.78, 5) is 20.6. The van der Waals surface area contributed by atoms with Crippen LogP contribution in [-0.2, 0) is 4.79 Å². The number of hydrogen-bond acceptors (Lipinski definition) is 7. The number of aromatic nitrogens is 1. The molecule has 198 valence electrons. The maximum absolute atomic E-state index is 12.8. The van der Waals surface area contributed by atoms with Gasteiger partial charge in [-0.05, 0) is 75.2 Å². The third-order valence-electron chi connectivity index (χ3n) is 7.17. The van der Waals surface area contributed by atoms with Gasteiger partial charge >= 0.3 is 0 Å². The molecule has 2 heterocycles. The Morgan fingerprint density at radius 3 is 2.73 bits per heavy atom. The van der Waals surface area contributed by atoms with Gasteiger partial charge in [-0.2, -0.15) is 0 Å². The van der Waals surface area contributed by atoms with Crippen LogP contribution in [-0.4, -0.2) is 58.6 Å². The van der Waals surface area contributed by atoms with Crippen molar-refractivity contribution in [3.05, 3.63) is 64.3 Å². The van der Waals surface area contributed by atoms with Crippen LogP contribution < -0.4 is 10.2 Å². The van der Waals surface area contributed by atoms with Crippen LogP contribution in [0.2, 0.25) is 10.0 Å². The molecule has 0 unspecified atom stereocenters. The predicted octanol–water partition coefficient (Wildman–Crippen LogP) is 5.74. The highest BCUT2D eigenvalue weighted by molar-refractivity contribution is 7.99. The Morgan fingerprint density at radius 1 is 1.24 bits per heavy atom. The number of piperidine rings is 1. The zero-order valence-electron chi connectivity index (χ0n) is 20.6. The molecule has 0 spiro atoms. The Bertz CT molecular complexity index is 1240. The highest BCUT2D eigenvalue weighted by Gasteiger charge is 2.41. The number of carbonyl (C=O) groups excluding carboxylic acids is 1. The van der Waals surface area contributed by atoms with Crippen molar-refractivity contribution in [3.8, 4) is 5.75 Å². The van der Waals surface area contributed by atoms with Crippen molar-refractivity contribution >= 4 is 51.8 Å². The number of thioether (sulfide) groups is 1. The van der Waals surface area contributed by atoms with Crippen LogP contribution in [0.25, 0.3) is 10.9 Å². The van der Waals surface area contributed by atoms with Crippen LogP contribution in [0.4, 0.5) is 0 Å². The fourth-order valence-corrected chi connectivity index (χ4v) is 6.46. The normalized spacial score (nSPS) is 16.5. The molecular formula is C27H31Cl2N3O4S. The molecule has 3 N–H and O–H groups in total. The number of likely N-dealkylation sites (tertiary alicyclic amines) is 1. The van der Waals surface area contributed by atoms with E-state index in [1.165, 1.54) is 6.20 Å². The van der Waals surface area contributed by atoms with Gasteiger partial charge in [0.2, 0.25) is 5.91 Å². The smallest absolute Gasteiger partial charge is 0.249 e. The molecule has 3 aromatic rings. The number of rotatable bonds is 10. The lowest BCUT2D eigenvalue weighted by molar-refractivity contribution is -0.143. The van der Waals surface area contributed by atoms with E-state index in [0.29, 0.717) is 52.9 Å². The maximum atomic E-state index is 12.8. The minimum absolute atomic E-state index is 0.314. The lowest BCUT2D eigenvalue weighted by Crippen LogP contribution is -2.48. The van der Waals surface area contributed by atoms with Gasteiger partial charge in [0.15, 0.2) is 0 Å². The summed E-state index contributed by atoms with van der Waals surface area (Å²) in [7, 11) is 1.58. The quantitative estimate of drug-likeness (QED) is 0.164. The first kappa shape index (κ1) is 28.0. The van der Waals surface area contributed by atoms with Gasteiger partial charge in [0, 0.05) is 39.4 Å². The molecule has 1 aliphatic rings. The first-order valence-corrected chi connectivity index (χ1v) is 13.9. The summed E-state index contributed by atoms with van der Waals surface area (Å²) < 4.78 is 5.34. The first-order chi connectivity index (χ1) is 17.8. The Morgan fingerprint density at radius 2 is 2.03 bits per heavy atom. The third-order valence-corrected chi connectivity index (χ3v) is 8.68. The van der Waals surface area contributed by atoms with E-state index < -0.39 is 17.4 Å². The molecule has 0 radical (unpaired) electrons. The Balaban J connectivity index is 1.40. The molecule has 4 rings (SSSR count). The zero-order chi connectivity index (χ0) is 26.4. The third kappa shape index (κ3) is 6.69. The number of halogens is 2. The van der Waals surface area contributed by atoms with Gasteiger partial charge in [0.25, 0.3) is 0 Å². The molecule has 0 saturated carbocycles. The second-order valence-electron chi connectivity index (χ2n) is 9.33. The number of fused-ring (bicyclic) bond motifs is 1. The van der Waals surface area contributed by atoms with Gasteiger partial charge in [-0.3, -0.25) is 15.0 Å². The van der Waals surface area contributed by atoms with Crippen molar-refractivity contribution < 1.29 is 19.8 Å². The van der Waals surface area contributed by atoms with Crippen molar-refractivity contribution in [2.75, 3.05) is 32.5 Å². The van der Waals surface area contributed by atoms with Crippen molar-refractivity contribution in [2.45, 2.75) is 36.7 Å². The van der Waals surface area contributed by atoms with Crippen LogP contribution in [0.3, 0.4) is 0 Å². The molecule has 1 aromatic heterocycles. The second-order valence-corrected chi connectivity index (χ2v) is 11.3. The van der Waals surface area contributed by atoms with Gasteiger partial charge in [-0.15, -0.1) is 11.8 Å². The van der Waals surface area contributed by atoms with Gasteiger partial charge in [-0.1, -0.05) is 29.3 Å². The molecule has 0 aliphatic carbocycles. The molecule has 10 heteroatoms. The Labute approximate surface area is 231 Å². The summed E-state index contributed by atoms with van der Waals surface area (Å²) in [5.41, 5.74) is 2.38. The van der Waals surface area contributed by atoms with Gasteiger partial charge in [0.1, 0.15) is 5.75 Å². The Hall–Kier alpha value is -2.07. The summed E-state index contributed by atoms with van der Waals surface area (Å²) in [6.07, 6.45) is 2.54. The van der Waals surface area contributed by atoms with Crippen molar-refractivity contribution in [1.82, 2.24) is 15.4 Å². The van der Waals surface area contributed by atoms with E-state index in [0.717, 1.165) is 35.3 Å². The number of hydrogen-bond donors (Lipinski definition) is 3. The van der Waals surface area contributed by atoms with Crippen LogP contribution in [0.15, 0.2) is 53.6 Å². The van der Waals surface area contributed by atoms with E-state index in [4.69, 9.17) is 27.9 Å². The number of aliphatic hydroxyl groups is 1. The lowest BCUT2D eigenvalue weighted by Gasteiger charge is -2.40. The molecular weight excluding hydrogens is 533 g/mol. The summed E-state index contributed by atoms with van der Waals surface area (Å²) in [5.74, 6) is 1.15. The minimum Gasteiger partial charge on any atom is -0.497 e. The fourth-order valence-electron chi connectivity index (χ4n) is 4.95. The number of carbonyl (C=O) groups is 1. The second kappa shape index (κ2) is 12.7. The standard InChI is InChI=1S/C27H31Cl2N3O4S/c1-36-19-5-6-23-21(16-19)25(22(29)17-30-23)24(33)7-8-27(26(34)31-35)9-11-32(12-10-27)13-14-37-20-4-2-3-18(28)15-20/h2-6,15-17,24,33,35H,7-14H2,1H3,(H,31,34)/t24-/m1/s1. The molecule has 2 aromatic carbocycles. The van der Waals surface area contributed by atoms with Crippen LogP contribution in [0, 0.1) is 5.41 Å². The van der Waals surface area contributed by atoms with Crippen LogP contribution in [0.1, 0.15) is 37.4 Å². The van der Waals surface area contributed by atoms with Crippen molar-refractivity contribution in [1.29, 1.82) is 0 Å². The number of aliphatic hydroxyl groups excluding tert-OH is 1. The number of benzene rings is 2.